The second-order valence-corrected chi connectivity index (χ2v) is 4.85. The van der Waals surface area contributed by atoms with Gasteiger partial charge in [0.2, 0.25) is 0 Å². The van der Waals surface area contributed by atoms with Crippen LogP contribution in [-0.4, -0.2) is 19.7 Å². The largest absolute Gasteiger partial charge is 0.269 e. The van der Waals surface area contributed by atoms with E-state index < -0.39 is 10.8 Å². The Morgan fingerprint density at radius 1 is 1.67 bits per heavy atom. The number of fused-ring (bicyclic) bond motifs is 1. The summed E-state index contributed by atoms with van der Waals surface area (Å²) in [6.07, 6.45) is 2.80. The van der Waals surface area contributed by atoms with Crippen molar-refractivity contribution >= 4 is 10.8 Å². The average molecular weight is 184 g/mol. The molecule has 0 N–H and O–H groups in total. The number of hydrogen-bond donors (Lipinski definition) is 0. The highest BCUT2D eigenvalue weighted by Crippen LogP contribution is 2.22. The first kappa shape index (κ1) is 7.98. The Hall–Kier alpha value is -0.640. The fourth-order valence-electron chi connectivity index (χ4n) is 1.34. The molecule has 0 bridgehead atoms. The Kier molecular flexibility index (Phi) is 1.79. The lowest BCUT2D eigenvalue weighted by Gasteiger charge is -2.03. The first-order valence-corrected chi connectivity index (χ1v) is 5.47. The highest BCUT2D eigenvalue weighted by atomic mass is 32.2. The van der Waals surface area contributed by atoms with E-state index in [9.17, 15) is 4.21 Å². The van der Waals surface area contributed by atoms with Crippen molar-refractivity contribution in [2.45, 2.75) is 31.2 Å². The predicted octanol–water partition coefficient (Wildman–Crippen LogP) is 1.13. The smallest absolute Gasteiger partial charge is 0.0800 e. The van der Waals surface area contributed by atoms with Gasteiger partial charge in [0.25, 0.3) is 0 Å². The lowest BCUT2D eigenvalue weighted by atomic mass is 10.3. The molecule has 2 heterocycles. The van der Waals surface area contributed by atoms with Gasteiger partial charge in [0.1, 0.15) is 0 Å². The second kappa shape index (κ2) is 2.69. The zero-order valence-electron chi connectivity index (χ0n) is 7.28. The molecule has 2 rings (SSSR count). The van der Waals surface area contributed by atoms with Gasteiger partial charge in [-0.05, 0) is 13.8 Å². The van der Waals surface area contributed by atoms with Crippen LogP contribution in [-0.2, 0) is 17.2 Å². The van der Waals surface area contributed by atoms with Crippen LogP contribution in [0.4, 0.5) is 0 Å². The standard InChI is InChI=1S/C8H12N2OS/c1-6(2)10-5-8-7(9-10)3-4-12(8)11/h5-6H,3-4H2,1-2H3. The van der Waals surface area contributed by atoms with Gasteiger partial charge in [-0.15, -0.1) is 0 Å². The van der Waals surface area contributed by atoms with Gasteiger partial charge in [0, 0.05) is 24.4 Å². The molecule has 1 aliphatic rings. The Bertz CT molecular complexity index is 330. The summed E-state index contributed by atoms with van der Waals surface area (Å²) in [5, 5.41) is 4.36. The Labute approximate surface area is 74.2 Å². The monoisotopic (exact) mass is 184 g/mol. The van der Waals surface area contributed by atoms with Crippen molar-refractivity contribution in [3.8, 4) is 0 Å². The molecule has 1 atom stereocenters. The minimum atomic E-state index is -0.777. The van der Waals surface area contributed by atoms with Gasteiger partial charge >= 0.3 is 0 Å². The minimum absolute atomic E-state index is 0.368. The lowest BCUT2D eigenvalue weighted by Crippen LogP contribution is -2.03. The summed E-state index contributed by atoms with van der Waals surface area (Å²) in [5.41, 5.74) is 1.03. The SMILES string of the molecule is CC(C)n1cc2c(n1)CCS2=O. The molecule has 0 amide bonds. The van der Waals surface area contributed by atoms with Crippen LogP contribution >= 0.6 is 0 Å². The summed E-state index contributed by atoms with van der Waals surface area (Å²) >= 11 is 0. The number of nitrogens with zero attached hydrogens (tertiary/aromatic N) is 2. The van der Waals surface area contributed by atoms with E-state index >= 15 is 0 Å². The van der Waals surface area contributed by atoms with E-state index in [0.29, 0.717) is 6.04 Å². The van der Waals surface area contributed by atoms with Gasteiger partial charge in [-0.3, -0.25) is 8.89 Å². The molecule has 0 radical (unpaired) electrons. The third-order valence-electron chi connectivity index (χ3n) is 2.07. The van der Waals surface area contributed by atoms with E-state index in [1.165, 1.54) is 0 Å². The maximum Gasteiger partial charge on any atom is 0.0800 e. The number of aromatic nitrogens is 2. The van der Waals surface area contributed by atoms with Crippen molar-refractivity contribution < 1.29 is 4.21 Å². The van der Waals surface area contributed by atoms with E-state index in [-0.39, 0.29) is 0 Å². The van der Waals surface area contributed by atoms with Gasteiger partial charge in [0.05, 0.1) is 21.4 Å². The normalized spacial score (nSPS) is 21.8. The van der Waals surface area contributed by atoms with Gasteiger partial charge in [0.15, 0.2) is 0 Å². The molecule has 0 spiro atoms. The molecule has 0 saturated carbocycles. The fraction of sp³-hybridized carbons (Fsp3) is 0.625. The molecule has 0 aliphatic carbocycles. The summed E-state index contributed by atoms with van der Waals surface area (Å²) in [4.78, 5) is 0.948. The summed E-state index contributed by atoms with van der Waals surface area (Å²) in [6, 6.07) is 0.368. The van der Waals surface area contributed by atoms with Crippen molar-refractivity contribution in [3.05, 3.63) is 11.9 Å². The molecule has 0 fully saturated rings. The molecule has 1 aromatic rings. The van der Waals surface area contributed by atoms with Crippen molar-refractivity contribution in [3.63, 3.8) is 0 Å². The van der Waals surface area contributed by atoms with E-state index in [4.69, 9.17) is 0 Å². The zero-order chi connectivity index (χ0) is 8.72. The number of hydrogen-bond acceptors (Lipinski definition) is 2. The molecule has 0 aromatic carbocycles. The highest BCUT2D eigenvalue weighted by molar-refractivity contribution is 7.85. The fourth-order valence-corrected chi connectivity index (χ4v) is 2.57. The quantitative estimate of drug-likeness (QED) is 0.655. The van der Waals surface area contributed by atoms with Crippen LogP contribution in [0.1, 0.15) is 25.6 Å². The van der Waals surface area contributed by atoms with Gasteiger partial charge in [-0.2, -0.15) is 5.10 Å². The summed E-state index contributed by atoms with van der Waals surface area (Å²) in [6.45, 7) is 4.15. The molecule has 1 aliphatic heterocycles. The minimum Gasteiger partial charge on any atom is -0.269 e. The highest BCUT2D eigenvalue weighted by Gasteiger charge is 2.22. The van der Waals surface area contributed by atoms with Crippen LogP contribution in [0.2, 0.25) is 0 Å². The Morgan fingerprint density at radius 3 is 3.00 bits per heavy atom. The van der Waals surface area contributed by atoms with Crippen LogP contribution in [0.15, 0.2) is 11.1 Å². The van der Waals surface area contributed by atoms with Crippen LogP contribution < -0.4 is 0 Å². The van der Waals surface area contributed by atoms with Gasteiger partial charge in [-0.25, -0.2) is 0 Å². The maximum absolute atomic E-state index is 11.4. The second-order valence-electron chi connectivity index (χ2n) is 3.31. The topological polar surface area (TPSA) is 34.9 Å². The summed E-state index contributed by atoms with van der Waals surface area (Å²) in [7, 11) is -0.777. The molecule has 1 aromatic heterocycles. The number of rotatable bonds is 1. The number of aryl methyl sites for hydroxylation is 1. The van der Waals surface area contributed by atoms with E-state index in [0.717, 1.165) is 22.8 Å². The zero-order valence-corrected chi connectivity index (χ0v) is 8.10. The molecule has 12 heavy (non-hydrogen) atoms. The van der Waals surface area contributed by atoms with Gasteiger partial charge in [-0.1, -0.05) is 0 Å². The van der Waals surface area contributed by atoms with Crippen LogP contribution in [0.25, 0.3) is 0 Å². The third kappa shape index (κ3) is 1.10. The van der Waals surface area contributed by atoms with Crippen molar-refractivity contribution in [1.82, 2.24) is 9.78 Å². The molecule has 4 heteroatoms. The predicted molar refractivity (Wildman–Crippen MR) is 47.6 cm³/mol. The molecule has 66 valence electrons. The maximum atomic E-state index is 11.4. The van der Waals surface area contributed by atoms with E-state index in [1.54, 1.807) is 0 Å². The molecule has 1 unspecified atom stereocenters. The van der Waals surface area contributed by atoms with E-state index in [2.05, 4.69) is 18.9 Å². The third-order valence-corrected chi connectivity index (χ3v) is 3.48. The van der Waals surface area contributed by atoms with Crippen molar-refractivity contribution in [2.24, 2.45) is 0 Å². The Morgan fingerprint density at radius 2 is 2.42 bits per heavy atom. The van der Waals surface area contributed by atoms with Crippen molar-refractivity contribution in [1.29, 1.82) is 0 Å². The van der Waals surface area contributed by atoms with Crippen LogP contribution in [0, 0.1) is 0 Å². The van der Waals surface area contributed by atoms with Crippen LogP contribution in [0.5, 0.6) is 0 Å². The molecule has 3 nitrogen and oxygen atoms in total. The van der Waals surface area contributed by atoms with E-state index in [1.807, 2.05) is 10.9 Å². The van der Waals surface area contributed by atoms with Crippen molar-refractivity contribution in [2.75, 3.05) is 5.75 Å². The molecular formula is C8H12N2OS. The Balaban J connectivity index is 2.43. The molecular weight excluding hydrogens is 172 g/mol. The first-order chi connectivity index (χ1) is 5.68. The van der Waals surface area contributed by atoms with Crippen LogP contribution in [0.3, 0.4) is 0 Å². The summed E-state index contributed by atoms with van der Waals surface area (Å²) < 4.78 is 13.2. The summed E-state index contributed by atoms with van der Waals surface area (Å²) in [5.74, 6) is 0.761. The average Bonchev–Trinajstić information content (AvgIpc) is 2.53. The van der Waals surface area contributed by atoms with Gasteiger partial charge < -0.3 is 0 Å². The molecule has 0 saturated heterocycles. The lowest BCUT2D eigenvalue weighted by molar-refractivity contribution is 0.526. The first-order valence-electron chi connectivity index (χ1n) is 4.15.